The number of benzene rings is 1. The first-order valence-electron chi connectivity index (χ1n) is 7.43. The molecule has 0 aromatic heterocycles. The van der Waals surface area contributed by atoms with Crippen LogP contribution >= 0.6 is 0 Å². The summed E-state index contributed by atoms with van der Waals surface area (Å²) in [5, 5.41) is 0. The van der Waals surface area contributed by atoms with Crippen LogP contribution in [0.1, 0.15) is 56.9 Å². The number of carbonyl (C=O) groups excluding carboxylic acids is 1. The van der Waals surface area contributed by atoms with E-state index in [1.54, 1.807) is 7.11 Å². The Hall–Kier alpha value is -1.31. The van der Waals surface area contributed by atoms with Gasteiger partial charge < -0.3 is 9.53 Å². The van der Waals surface area contributed by atoms with E-state index >= 15 is 0 Å². The zero-order chi connectivity index (χ0) is 13.8. The van der Waals surface area contributed by atoms with Crippen LogP contribution in [0.3, 0.4) is 0 Å². The zero-order valence-corrected chi connectivity index (χ0v) is 12.1. The van der Waals surface area contributed by atoms with Crippen molar-refractivity contribution in [2.45, 2.75) is 57.8 Å². The highest BCUT2D eigenvalue weighted by molar-refractivity contribution is 5.48. The SMILES string of the molecule is COc1ccc(CCCCCCCCCC=O)cc1. The maximum Gasteiger partial charge on any atom is 0.119 e. The van der Waals surface area contributed by atoms with Gasteiger partial charge in [0.1, 0.15) is 12.0 Å². The highest BCUT2D eigenvalue weighted by atomic mass is 16.5. The molecule has 19 heavy (non-hydrogen) atoms. The van der Waals surface area contributed by atoms with Crippen LogP contribution in [0.4, 0.5) is 0 Å². The second-order valence-corrected chi connectivity index (χ2v) is 5.03. The summed E-state index contributed by atoms with van der Waals surface area (Å²) in [6.45, 7) is 0. The third-order valence-electron chi connectivity index (χ3n) is 3.45. The zero-order valence-electron chi connectivity index (χ0n) is 12.1. The molecule has 2 nitrogen and oxygen atoms in total. The maximum atomic E-state index is 10.1. The minimum absolute atomic E-state index is 0.734. The topological polar surface area (TPSA) is 26.3 Å². The first-order valence-corrected chi connectivity index (χ1v) is 7.43. The molecule has 1 aromatic carbocycles. The van der Waals surface area contributed by atoms with E-state index in [1.165, 1.54) is 44.1 Å². The molecule has 0 N–H and O–H groups in total. The van der Waals surface area contributed by atoms with Crippen LogP contribution in [-0.4, -0.2) is 13.4 Å². The molecule has 0 aliphatic rings. The number of aldehydes is 1. The summed E-state index contributed by atoms with van der Waals surface area (Å²) in [4.78, 5) is 10.1. The van der Waals surface area contributed by atoms with Crippen LogP contribution in [0.15, 0.2) is 24.3 Å². The molecular formula is C17H26O2. The van der Waals surface area contributed by atoms with E-state index in [2.05, 4.69) is 12.1 Å². The minimum Gasteiger partial charge on any atom is -0.497 e. The molecule has 0 amide bonds. The van der Waals surface area contributed by atoms with E-state index in [0.717, 1.165) is 31.3 Å². The maximum absolute atomic E-state index is 10.1. The molecule has 0 radical (unpaired) electrons. The van der Waals surface area contributed by atoms with Gasteiger partial charge in [-0.25, -0.2) is 0 Å². The Bertz CT molecular complexity index is 330. The van der Waals surface area contributed by atoms with Crippen LogP contribution < -0.4 is 4.74 Å². The van der Waals surface area contributed by atoms with Gasteiger partial charge in [0.2, 0.25) is 0 Å². The van der Waals surface area contributed by atoms with Crippen molar-refractivity contribution in [3.63, 3.8) is 0 Å². The average molecular weight is 262 g/mol. The van der Waals surface area contributed by atoms with Gasteiger partial charge in [0, 0.05) is 6.42 Å². The van der Waals surface area contributed by atoms with Crippen molar-refractivity contribution in [3.8, 4) is 5.75 Å². The van der Waals surface area contributed by atoms with E-state index in [1.807, 2.05) is 12.1 Å². The summed E-state index contributed by atoms with van der Waals surface area (Å²) in [5.74, 6) is 0.930. The molecule has 0 fully saturated rings. The molecule has 1 rings (SSSR count). The molecule has 0 saturated heterocycles. The van der Waals surface area contributed by atoms with Gasteiger partial charge >= 0.3 is 0 Å². The van der Waals surface area contributed by atoms with Crippen LogP contribution in [0, 0.1) is 0 Å². The van der Waals surface area contributed by atoms with Crippen molar-refractivity contribution in [3.05, 3.63) is 29.8 Å². The van der Waals surface area contributed by atoms with Crippen molar-refractivity contribution in [2.75, 3.05) is 7.11 Å². The Morgan fingerprint density at radius 2 is 1.47 bits per heavy atom. The number of ether oxygens (including phenoxy) is 1. The molecule has 0 aliphatic heterocycles. The number of rotatable bonds is 11. The van der Waals surface area contributed by atoms with E-state index in [4.69, 9.17) is 4.74 Å². The summed E-state index contributed by atoms with van der Waals surface area (Å²) in [5.41, 5.74) is 1.40. The number of aryl methyl sites for hydroxylation is 1. The Kier molecular flexibility index (Phi) is 8.78. The van der Waals surface area contributed by atoms with E-state index < -0.39 is 0 Å². The molecule has 0 bridgehead atoms. The van der Waals surface area contributed by atoms with Gasteiger partial charge in [-0.3, -0.25) is 0 Å². The van der Waals surface area contributed by atoms with Gasteiger partial charge in [-0.15, -0.1) is 0 Å². The van der Waals surface area contributed by atoms with E-state index in [-0.39, 0.29) is 0 Å². The lowest BCUT2D eigenvalue weighted by Gasteiger charge is -2.04. The van der Waals surface area contributed by atoms with Crippen LogP contribution in [-0.2, 0) is 11.2 Å². The van der Waals surface area contributed by atoms with Crippen molar-refractivity contribution < 1.29 is 9.53 Å². The van der Waals surface area contributed by atoms with Crippen molar-refractivity contribution in [2.24, 2.45) is 0 Å². The summed E-state index contributed by atoms with van der Waals surface area (Å²) in [6.07, 6.45) is 11.7. The highest BCUT2D eigenvalue weighted by Gasteiger charge is 1.96. The quantitative estimate of drug-likeness (QED) is 0.432. The van der Waals surface area contributed by atoms with Crippen LogP contribution in [0.25, 0.3) is 0 Å². The third kappa shape index (κ3) is 7.66. The van der Waals surface area contributed by atoms with Gasteiger partial charge in [-0.05, 0) is 37.0 Å². The molecule has 0 spiro atoms. The molecule has 106 valence electrons. The smallest absolute Gasteiger partial charge is 0.119 e. The summed E-state index contributed by atoms with van der Waals surface area (Å²) in [6, 6.07) is 8.36. The average Bonchev–Trinajstić information content (AvgIpc) is 2.46. The Morgan fingerprint density at radius 1 is 0.895 bits per heavy atom. The van der Waals surface area contributed by atoms with Gasteiger partial charge in [0.25, 0.3) is 0 Å². The standard InChI is InChI=1S/C17H26O2/c1-19-17-13-11-16(12-14-17)10-8-6-4-2-3-5-7-9-15-18/h11-15H,2-10H2,1H3. The van der Waals surface area contributed by atoms with Crippen LogP contribution in [0.5, 0.6) is 5.75 Å². The molecule has 0 atom stereocenters. The Balaban J connectivity index is 1.96. The summed E-state index contributed by atoms with van der Waals surface area (Å²) >= 11 is 0. The fourth-order valence-corrected chi connectivity index (χ4v) is 2.23. The molecule has 0 aliphatic carbocycles. The first kappa shape index (κ1) is 15.7. The van der Waals surface area contributed by atoms with Gasteiger partial charge in [-0.2, -0.15) is 0 Å². The van der Waals surface area contributed by atoms with Crippen molar-refractivity contribution in [1.82, 2.24) is 0 Å². The molecule has 0 unspecified atom stereocenters. The predicted octanol–water partition coefficient (Wildman–Crippen LogP) is 4.56. The molecule has 2 heteroatoms. The lowest BCUT2D eigenvalue weighted by Crippen LogP contribution is -1.88. The van der Waals surface area contributed by atoms with E-state index in [9.17, 15) is 4.79 Å². The van der Waals surface area contributed by atoms with Crippen molar-refractivity contribution in [1.29, 1.82) is 0 Å². The van der Waals surface area contributed by atoms with Gasteiger partial charge in [0.15, 0.2) is 0 Å². The molecular weight excluding hydrogens is 236 g/mol. The second-order valence-electron chi connectivity index (χ2n) is 5.03. The normalized spacial score (nSPS) is 10.4. The fraction of sp³-hybridized carbons (Fsp3) is 0.588. The fourth-order valence-electron chi connectivity index (χ4n) is 2.23. The molecule has 1 aromatic rings. The van der Waals surface area contributed by atoms with Crippen molar-refractivity contribution >= 4 is 6.29 Å². The van der Waals surface area contributed by atoms with Gasteiger partial charge in [0.05, 0.1) is 7.11 Å². The lowest BCUT2D eigenvalue weighted by molar-refractivity contribution is -0.107. The monoisotopic (exact) mass is 262 g/mol. The summed E-state index contributed by atoms with van der Waals surface area (Å²) in [7, 11) is 1.70. The predicted molar refractivity (Wildman–Crippen MR) is 79.7 cm³/mol. The lowest BCUT2D eigenvalue weighted by atomic mass is 10.0. The number of unbranched alkanes of at least 4 members (excludes halogenated alkanes) is 7. The Morgan fingerprint density at radius 3 is 2.05 bits per heavy atom. The van der Waals surface area contributed by atoms with Gasteiger partial charge in [-0.1, -0.05) is 44.2 Å². The number of carbonyl (C=O) groups is 1. The largest absolute Gasteiger partial charge is 0.497 e. The Labute approximate surface area is 117 Å². The first-order chi connectivity index (χ1) is 9.36. The highest BCUT2D eigenvalue weighted by Crippen LogP contribution is 2.14. The van der Waals surface area contributed by atoms with Crippen LogP contribution in [0.2, 0.25) is 0 Å². The number of hydrogen-bond donors (Lipinski definition) is 0. The third-order valence-corrected chi connectivity index (χ3v) is 3.45. The molecule has 0 heterocycles. The molecule has 0 saturated carbocycles. The second kappa shape index (κ2) is 10.6. The number of methoxy groups -OCH3 is 1. The summed E-state index contributed by atoms with van der Waals surface area (Å²) < 4.78 is 5.15. The number of hydrogen-bond acceptors (Lipinski definition) is 2. The minimum atomic E-state index is 0.734. The van der Waals surface area contributed by atoms with E-state index in [0.29, 0.717) is 0 Å².